The van der Waals surface area contributed by atoms with E-state index in [9.17, 15) is 9.59 Å². The average molecular weight is 318 g/mol. The molecule has 2 aromatic heterocycles. The molecule has 3 rings (SSSR count). The van der Waals surface area contributed by atoms with Crippen molar-refractivity contribution in [1.29, 1.82) is 0 Å². The smallest absolute Gasteiger partial charge is 0.253 e. The zero-order chi connectivity index (χ0) is 16.4. The molecule has 0 bridgehead atoms. The van der Waals surface area contributed by atoms with Crippen LogP contribution in [0.1, 0.15) is 16.1 Å². The molecular formula is C15H18N4O4. The Morgan fingerprint density at radius 2 is 2.30 bits per heavy atom. The van der Waals surface area contributed by atoms with Crippen molar-refractivity contribution in [3.05, 3.63) is 46.1 Å². The number of nitrogens with one attached hydrogen (secondary N) is 2. The Balaban J connectivity index is 1.68. The minimum atomic E-state index is -0.286. The van der Waals surface area contributed by atoms with Crippen molar-refractivity contribution in [1.82, 2.24) is 20.1 Å². The van der Waals surface area contributed by atoms with Crippen LogP contribution in [0.5, 0.6) is 5.75 Å². The van der Waals surface area contributed by atoms with Crippen molar-refractivity contribution < 1.29 is 14.3 Å². The van der Waals surface area contributed by atoms with E-state index in [0.717, 1.165) is 0 Å². The zero-order valence-electron chi connectivity index (χ0n) is 12.9. The van der Waals surface area contributed by atoms with Gasteiger partial charge in [0.05, 0.1) is 37.2 Å². The molecule has 8 nitrogen and oxygen atoms in total. The largest absolute Gasteiger partial charge is 0.482 e. The molecule has 23 heavy (non-hydrogen) atoms. The Morgan fingerprint density at radius 1 is 1.48 bits per heavy atom. The highest BCUT2D eigenvalue weighted by Gasteiger charge is 2.32. The van der Waals surface area contributed by atoms with Crippen molar-refractivity contribution in [2.75, 3.05) is 13.2 Å². The van der Waals surface area contributed by atoms with Gasteiger partial charge in [-0.15, -0.1) is 0 Å². The summed E-state index contributed by atoms with van der Waals surface area (Å²) in [4.78, 5) is 26.2. The van der Waals surface area contributed by atoms with Crippen LogP contribution in [0.3, 0.4) is 0 Å². The number of hydrogen-bond donors (Lipinski definition) is 2. The first-order valence-corrected chi connectivity index (χ1v) is 7.27. The van der Waals surface area contributed by atoms with Gasteiger partial charge in [0.2, 0.25) is 5.56 Å². The summed E-state index contributed by atoms with van der Waals surface area (Å²) in [6.45, 7) is 2.45. The number of pyridine rings is 1. The van der Waals surface area contributed by atoms with Gasteiger partial charge >= 0.3 is 0 Å². The van der Waals surface area contributed by atoms with Crippen molar-refractivity contribution in [3.63, 3.8) is 0 Å². The van der Waals surface area contributed by atoms with Crippen LogP contribution in [-0.4, -0.2) is 46.0 Å². The van der Waals surface area contributed by atoms with Crippen molar-refractivity contribution in [3.8, 4) is 5.75 Å². The van der Waals surface area contributed by atoms with Crippen molar-refractivity contribution >= 4 is 5.91 Å². The predicted octanol–water partition coefficient (Wildman–Crippen LogP) is -0.00698. The van der Waals surface area contributed by atoms with E-state index in [1.807, 2.05) is 0 Å². The molecule has 0 aromatic carbocycles. The second kappa shape index (κ2) is 6.25. The highest BCUT2D eigenvalue weighted by atomic mass is 16.5. The summed E-state index contributed by atoms with van der Waals surface area (Å²) < 4.78 is 12.9. The number of ether oxygens (including phenoxy) is 2. The van der Waals surface area contributed by atoms with E-state index in [0.29, 0.717) is 30.2 Å². The Labute approximate surface area is 132 Å². The van der Waals surface area contributed by atoms with E-state index in [1.54, 1.807) is 31.0 Å². The fourth-order valence-electron chi connectivity index (χ4n) is 2.49. The number of hydrogen-bond acceptors (Lipinski definition) is 5. The molecule has 1 aliphatic heterocycles. The molecule has 3 heterocycles. The third kappa shape index (κ3) is 3.42. The molecule has 0 saturated carbocycles. The first-order chi connectivity index (χ1) is 11.0. The molecular weight excluding hydrogens is 300 g/mol. The second-order valence-corrected chi connectivity index (χ2v) is 5.48. The van der Waals surface area contributed by atoms with Gasteiger partial charge in [0.15, 0.2) is 5.75 Å². The van der Waals surface area contributed by atoms with Crippen LogP contribution in [0.2, 0.25) is 0 Å². The molecule has 1 fully saturated rings. The maximum Gasteiger partial charge on any atom is 0.253 e. The van der Waals surface area contributed by atoms with E-state index < -0.39 is 0 Å². The fraction of sp³-hybridized carbons (Fsp3) is 0.400. The van der Waals surface area contributed by atoms with Gasteiger partial charge in [0, 0.05) is 18.8 Å². The number of carbonyl (C=O) groups is 1. The second-order valence-electron chi connectivity index (χ2n) is 5.48. The van der Waals surface area contributed by atoms with Gasteiger partial charge in [-0.2, -0.15) is 5.10 Å². The van der Waals surface area contributed by atoms with E-state index in [1.165, 1.54) is 12.1 Å². The van der Waals surface area contributed by atoms with E-state index in [-0.39, 0.29) is 23.6 Å². The lowest BCUT2D eigenvalue weighted by Gasteiger charge is -2.20. The zero-order valence-corrected chi connectivity index (χ0v) is 12.9. The Bertz CT molecular complexity index is 767. The number of amides is 1. The summed E-state index contributed by atoms with van der Waals surface area (Å²) in [6.07, 6.45) is 3.08. The Kier molecular flexibility index (Phi) is 4.16. The quantitative estimate of drug-likeness (QED) is 0.826. The molecule has 1 aliphatic rings. The molecule has 0 unspecified atom stereocenters. The summed E-state index contributed by atoms with van der Waals surface area (Å²) in [6, 6.07) is 2.57. The Hall–Kier alpha value is -2.61. The first kappa shape index (κ1) is 15.3. The molecule has 2 N–H and O–H groups in total. The predicted molar refractivity (Wildman–Crippen MR) is 81.5 cm³/mol. The summed E-state index contributed by atoms with van der Waals surface area (Å²) in [5, 5.41) is 6.94. The molecule has 0 aliphatic carbocycles. The summed E-state index contributed by atoms with van der Waals surface area (Å²) in [5.41, 5.74) is 0.719. The number of aromatic nitrogens is 3. The van der Waals surface area contributed by atoms with Gasteiger partial charge in [-0.25, -0.2) is 0 Å². The number of H-pyrrole nitrogens is 1. The Morgan fingerprint density at radius 3 is 3.00 bits per heavy atom. The minimum absolute atomic E-state index is 0.235. The standard InChI is InChI=1S/C15H18N4O4/c1-9-11(3-4-14(20)17-9)15(21)18-12-7-22-8-13(12)23-10-5-16-19(2)6-10/h3-6,12-13H,7-8H2,1-2H3,(H,17,20)(H,18,21)/t12-,13+/m0/s1. The van der Waals surface area contributed by atoms with Gasteiger partial charge in [0.1, 0.15) is 6.10 Å². The molecule has 0 radical (unpaired) electrons. The molecule has 2 aromatic rings. The minimum Gasteiger partial charge on any atom is -0.482 e. The number of aryl methyl sites for hydroxylation is 2. The van der Waals surface area contributed by atoms with Crippen LogP contribution in [0.25, 0.3) is 0 Å². The van der Waals surface area contributed by atoms with Gasteiger partial charge in [-0.1, -0.05) is 0 Å². The van der Waals surface area contributed by atoms with Crippen molar-refractivity contribution in [2.45, 2.75) is 19.1 Å². The average Bonchev–Trinajstić information content (AvgIpc) is 3.09. The lowest BCUT2D eigenvalue weighted by molar-refractivity contribution is 0.0903. The van der Waals surface area contributed by atoms with Crippen molar-refractivity contribution in [2.24, 2.45) is 7.05 Å². The van der Waals surface area contributed by atoms with E-state index >= 15 is 0 Å². The summed E-state index contributed by atoms with van der Waals surface area (Å²) in [7, 11) is 1.80. The maximum absolute atomic E-state index is 12.4. The monoisotopic (exact) mass is 318 g/mol. The molecule has 8 heteroatoms. The molecule has 2 atom stereocenters. The third-order valence-electron chi connectivity index (χ3n) is 3.67. The maximum atomic E-state index is 12.4. The SMILES string of the molecule is Cc1[nH]c(=O)ccc1C(=O)N[C@H]1COC[C@H]1Oc1cnn(C)c1. The van der Waals surface area contributed by atoms with Crippen LogP contribution >= 0.6 is 0 Å². The lowest BCUT2D eigenvalue weighted by Crippen LogP contribution is -2.45. The highest BCUT2D eigenvalue weighted by Crippen LogP contribution is 2.16. The summed E-state index contributed by atoms with van der Waals surface area (Å²) in [5.74, 6) is 0.358. The van der Waals surface area contributed by atoms with Gasteiger partial charge in [-0.05, 0) is 13.0 Å². The number of rotatable bonds is 4. The number of nitrogens with zero attached hydrogens (tertiary/aromatic N) is 2. The van der Waals surface area contributed by atoms with E-state index in [4.69, 9.17) is 9.47 Å². The fourth-order valence-corrected chi connectivity index (χ4v) is 2.49. The number of aromatic amines is 1. The third-order valence-corrected chi connectivity index (χ3v) is 3.67. The van der Waals surface area contributed by atoms with Gasteiger partial charge in [-0.3, -0.25) is 14.3 Å². The normalized spacial score (nSPS) is 20.4. The van der Waals surface area contributed by atoms with E-state index in [2.05, 4.69) is 15.4 Å². The number of carbonyl (C=O) groups excluding carboxylic acids is 1. The van der Waals surface area contributed by atoms with Crippen LogP contribution in [0, 0.1) is 6.92 Å². The first-order valence-electron chi connectivity index (χ1n) is 7.27. The van der Waals surface area contributed by atoms with Gasteiger partial charge in [0.25, 0.3) is 5.91 Å². The molecule has 122 valence electrons. The van der Waals surface area contributed by atoms with Gasteiger partial charge < -0.3 is 19.8 Å². The lowest BCUT2D eigenvalue weighted by atomic mass is 10.1. The van der Waals surface area contributed by atoms with Crippen LogP contribution < -0.4 is 15.6 Å². The molecule has 1 amide bonds. The molecule has 0 spiro atoms. The van der Waals surface area contributed by atoms with Crippen LogP contribution in [0.4, 0.5) is 0 Å². The van der Waals surface area contributed by atoms with Crippen LogP contribution in [-0.2, 0) is 11.8 Å². The van der Waals surface area contributed by atoms with Crippen LogP contribution in [0.15, 0.2) is 29.3 Å². The highest BCUT2D eigenvalue weighted by molar-refractivity contribution is 5.95. The topological polar surface area (TPSA) is 98.2 Å². The summed E-state index contributed by atoms with van der Waals surface area (Å²) >= 11 is 0. The molecule has 1 saturated heterocycles.